The molecule has 0 heterocycles. The van der Waals surface area contributed by atoms with Crippen LogP contribution in [0.15, 0.2) is 23.2 Å². The molecule has 1 aromatic carbocycles. The summed E-state index contributed by atoms with van der Waals surface area (Å²) in [6.45, 7) is 5.57. The molecule has 1 saturated carbocycles. The van der Waals surface area contributed by atoms with Crippen molar-refractivity contribution in [1.29, 1.82) is 0 Å². The largest absolute Gasteiger partial charge is 0.381 e. The lowest BCUT2D eigenvalue weighted by molar-refractivity contribution is 0.123. The summed E-state index contributed by atoms with van der Waals surface area (Å²) >= 11 is 0. The number of guanidine groups is 1. The number of nitrogens with zero attached hydrogens (tertiary/aromatic N) is 2. The minimum absolute atomic E-state index is 0.775. The van der Waals surface area contributed by atoms with Crippen LogP contribution in [0.2, 0.25) is 0 Å². The third-order valence-corrected chi connectivity index (χ3v) is 4.32. The Kier molecular flexibility index (Phi) is 7.37. The maximum absolute atomic E-state index is 5.64. The first-order chi connectivity index (χ1) is 11.6. The Hall–Kier alpha value is -1.75. The number of benzene rings is 1. The van der Waals surface area contributed by atoms with Crippen molar-refractivity contribution in [2.75, 3.05) is 45.8 Å². The smallest absolute Gasteiger partial charge is 0.191 e. The van der Waals surface area contributed by atoms with Gasteiger partial charge in [0.25, 0.3) is 0 Å². The normalized spacial score (nSPS) is 14.6. The van der Waals surface area contributed by atoms with Gasteiger partial charge in [-0.05, 0) is 55.4 Å². The van der Waals surface area contributed by atoms with Crippen LogP contribution in [-0.4, -0.2) is 46.9 Å². The van der Waals surface area contributed by atoms with Crippen molar-refractivity contribution in [3.8, 4) is 0 Å². The summed E-state index contributed by atoms with van der Waals surface area (Å²) in [6, 6.07) is 6.54. The van der Waals surface area contributed by atoms with Crippen LogP contribution in [0.25, 0.3) is 0 Å². The van der Waals surface area contributed by atoms with E-state index in [2.05, 4.69) is 59.7 Å². The molecule has 5 heteroatoms. The molecular formula is C19H32N4O. The van der Waals surface area contributed by atoms with Crippen LogP contribution < -0.4 is 15.5 Å². The molecule has 0 atom stereocenters. The van der Waals surface area contributed by atoms with Crippen LogP contribution in [-0.2, 0) is 11.3 Å². The quantitative estimate of drug-likeness (QED) is 0.414. The average molecular weight is 332 g/mol. The molecule has 0 aliphatic heterocycles. The summed E-state index contributed by atoms with van der Waals surface area (Å²) in [7, 11) is 5.93. The molecule has 1 aromatic rings. The molecule has 0 spiro atoms. The molecule has 0 amide bonds. The van der Waals surface area contributed by atoms with Gasteiger partial charge in [0.05, 0.1) is 0 Å². The van der Waals surface area contributed by atoms with Crippen molar-refractivity contribution < 1.29 is 4.74 Å². The van der Waals surface area contributed by atoms with Gasteiger partial charge in [-0.25, -0.2) is 0 Å². The van der Waals surface area contributed by atoms with Gasteiger partial charge in [0.1, 0.15) is 0 Å². The first-order valence-electron chi connectivity index (χ1n) is 8.89. The fraction of sp³-hybridized carbons (Fsp3) is 0.632. The van der Waals surface area contributed by atoms with Gasteiger partial charge in [-0.1, -0.05) is 6.07 Å². The molecule has 2 N–H and O–H groups in total. The number of ether oxygens (including phenoxy) is 1. The maximum atomic E-state index is 5.64. The van der Waals surface area contributed by atoms with Crippen molar-refractivity contribution in [2.24, 2.45) is 10.9 Å². The Morgan fingerprint density at radius 2 is 2.08 bits per heavy atom. The van der Waals surface area contributed by atoms with E-state index >= 15 is 0 Å². The second-order valence-electron chi connectivity index (χ2n) is 6.73. The third kappa shape index (κ3) is 6.40. The van der Waals surface area contributed by atoms with Crippen LogP contribution in [0.4, 0.5) is 5.69 Å². The Labute approximate surface area is 146 Å². The average Bonchev–Trinajstić information content (AvgIpc) is 3.38. The summed E-state index contributed by atoms with van der Waals surface area (Å²) in [5.41, 5.74) is 3.80. The number of anilines is 1. The van der Waals surface area contributed by atoms with E-state index in [4.69, 9.17) is 4.74 Å². The number of nitrogens with one attached hydrogen (secondary N) is 2. The van der Waals surface area contributed by atoms with E-state index in [0.29, 0.717) is 0 Å². The van der Waals surface area contributed by atoms with Gasteiger partial charge in [-0.15, -0.1) is 0 Å². The van der Waals surface area contributed by atoms with Gasteiger partial charge < -0.3 is 20.3 Å². The monoisotopic (exact) mass is 332 g/mol. The molecule has 134 valence electrons. The number of rotatable bonds is 9. The summed E-state index contributed by atoms with van der Waals surface area (Å²) in [5.74, 6) is 1.68. The van der Waals surface area contributed by atoms with Crippen molar-refractivity contribution in [2.45, 2.75) is 32.7 Å². The fourth-order valence-corrected chi connectivity index (χ4v) is 2.47. The molecule has 0 radical (unpaired) electrons. The van der Waals surface area contributed by atoms with Gasteiger partial charge in [0, 0.05) is 53.1 Å². The minimum Gasteiger partial charge on any atom is -0.381 e. The molecule has 0 aromatic heterocycles. The lowest BCUT2D eigenvalue weighted by atomic mass is 10.1. The molecule has 24 heavy (non-hydrogen) atoms. The van der Waals surface area contributed by atoms with Crippen molar-refractivity contribution in [3.05, 3.63) is 29.3 Å². The second-order valence-corrected chi connectivity index (χ2v) is 6.73. The molecular weight excluding hydrogens is 300 g/mol. The predicted octanol–water partition coefficient (Wildman–Crippen LogP) is 2.54. The standard InChI is InChI=1S/C19H32N4O/c1-15-12-18(23(3)4)9-8-17(15)13-22-19(20-2)21-10-5-11-24-14-16-6-7-16/h8-9,12,16H,5-7,10-11,13-14H2,1-4H3,(H2,20,21,22). The zero-order valence-electron chi connectivity index (χ0n) is 15.6. The van der Waals surface area contributed by atoms with Crippen molar-refractivity contribution in [3.63, 3.8) is 0 Å². The Balaban J connectivity index is 1.66. The minimum atomic E-state index is 0.775. The molecule has 1 fully saturated rings. The Bertz CT molecular complexity index is 538. The fourth-order valence-electron chi connectivity index (χ4n) is 2.47. The Morgan fingerprint density at radius 3 is 2.71 bits per heavy atom. The van der Waals surface area contributed by atoms with E-state index in [9.17, 15) is 0 Å². The van der Waals surface area contributed by atoms with Gasteiger partial charge in [-0.3, -0.25) is 4.99 Å². The van der Waals surface area contributed by atoms with Crippen molar-refractivity contribution in [1.82, 2.24) is 10.6 Å². The number of hydrogen-bond acceptors (Lipinski definition) is 3. The van der Waals surface area contributed by atoms with Gasteiger partial charge >= 0.3 is 0 Å². The number of aryl methyl sites for hydroxylation is 1. The van der Waals surface area contributed by atoms with Gasteiger partial charge in [-0.2, -0.15) is 0 Å². The molecule has 0 bridgehead atoms. The molecule has 0 unspecified atom stereocenters. The van der Waals surface area contributed by atoms with Crippen LogP contribution in [0.3, 0.4) is 0 Å². The van der Waals surface area contributed by atoms with Crippen molar-refractivity contribution >= 4 is 11.6 Å². The van der Waals surface area contributed by atoms with E-state index in [1.807, 2.05) is 0 Å². The lowest BCUT2D eigenvalue weighted by Gasteiger charge is -2.16. The van der Waals surface area contributed by atoms with Gasteiger partial charge in [0.2, 0.25) is 0 Å². The van der Waals surface area contributed by atoms with E-state index < -0.39 is 0 Å². The summed E-state index contributed by atoms with van der Waals surface area (Å²) < 4.78 is 5.64. The van der Waals surface area contributed by atoms with Crippen LogP contribution in [0.1, 0.15) is 30.4 Å². The lowest BCUT2D eigenvalue weighted by Crippen LogP contribution is -2.37. The molecule has 2 rings (SSSR count). The zero-order chi connectivity index (χ0) is 17.4. The van der Waals surface area contributed by atoms with Gasteiger partial charge in [0.15, 0.2) is 5.96 Å². The van der Waals surface area contributed by atoms with E-state index in [1.165, 1.54) is 29.7 Å². The first kappa shape index (κ1) is 18.6. The SMILES string of the molecule is CN=C(NCCCOCC1CC1)NCc1ccc(N(C)C)cc1C. The van der Waals surface area contributed by atoms with Crippen LogP contribution >= 0.6 is 0 Å². The third-order valence-electron chi connectivity index (χ3n) is 4.32. The first-order valence-corrected chi connectivity index (χ1v) is 8.89. The number of aliphatic imine (C=N–C) groups is 1. The summed E-state index contributed by atoms with van der Waals surface area (Å²) in [6.07, 6.45) is 3.71. The highest BCUT2D eigenvalue weighted by Crippen LogP contribution is 2.28. The summed E-state index contributed by atoms with van der Waals surface area (Å²) in [5, 5.41) is 6.72. The van der Waals surface area contributed by atoms with E-state index in [0.717, 1.165) is 44.6 Å². The topological polar surface area (TPSA) is 48.9 Å². The van der Waals surface area contributed by atoms with E-state index in [-0.39, 0.29) is 0 Å². The zero-order valence-corrected chi connectivity index (χ0v) is 15.6. The highest BCUT2D eigenvalue weighted by Gasteiger charge is 2.20. The van der Waals surface area contributed by atoms with Crippen LogP contribution in [0.5, 0.6) is 0 Å². The highest BCUT2D eigenvalue weighted by atomic mass is 16.5. The predicted molar refractivity (Wildman–Crippen MR) is 102 cm³/mol. The highest BCUT2D eigenvalue weighted by molar-refractivity contribution is 5.79. The molecule has 5 nitrogen and oxygen atoms in total. The van der Waals surface area contributed by atoms with E-state index in [1.54, 1.807) is 7.05 Å². The van der Waals surface area contributed by atoms with Crippen LogP contribution in [0, 0.1) is 12.8 Å². The maximum Gasteiger partial charge on any atom is 0.191 e. The Morgan fingerprint density at radius 1 is 1.29 bits per heavy atom. The second kappa shape index (κ2) is 9.52. The molecule has 1 aliphatic rings. The summed E-state index contributed by atoms with van der Waals surface area (Å²) in [4.78, 5) is 6.40. The number of hydrogen-bond donors (Lipinski definition) is 2. The molecule has 0 saturated heterocycles. The molecule has 1 aliphatic carbocycles.